The quantitative estimate of drug-likeness (QED) is 0.788. The van der Waals surface area contributed by atoms with E-state index in [0.29, 0.717) is 0 Å². The molecular weight excluding hydrogens is 320 g/mol. The number of nitrogens with one attached hydrogen (secondary N) is 1. The van der Waals surface area contributed by atoms with Gasteiger partial charge >= 0.3 is 0 Å². The van der Waals surface area contributed by atoms with Crippen LogP contribution in [0.15, 0.2) is 18.2 Å². The van der Waals surface area contributed by atoms with Crippen LogP contribution in [0.3, 0.4) is 0 Å². The SMILES string of the molecule is Cc1cccc(NC(=O)CN(C)CC(=O)N(C)CC(=O)N(C)C)c1C. The third kappa shape index (κ3) is 6.54. The van der Waals surface area contributed by atoms with Crippen LogP contribution in [0.1, 0.15) is 11.1 Å². The molecule has 1 rings (SSSR count). The normalized spacial score (nSPS) is 10.5. The molecule has 0 unspecified atom stereocenters. The van der Waals surface area contributed by atoms with Gasteiger partial charge in [0, 0.05) is 26.8 Å². The van der Waals surface area contributed by atoms with Crippen molar-refractivity contribution >= 4 is 23.4 Å². The summed E-state index contributed by atoms with van der Waals surface area (Å²) in [5, 5.41) is 2.87. The lowest BCUT2D eigenvalue weighted by Crippen LogP contribution is -2.43. The molecule has 0 aliphatic carbocycles. The highest BCUT2D eigenvalue weighted by atomic mass is 16.2. The van der Waals surface area contributed by atoms with E-state index in [1.54, 1.807) is 33.1 Å². The first-order valence-corrected chi connectivity index (χ1v) is 8.10. The maximum Gasteiger partial charge on any atom is 0.241 e. The number of benzene rings is 1. The number of hydrogen-bond donors (Lipinski definition) is 1. The highest BCUT2D eigenvalue weighted by molar-refractivity contribution is 5.93. The molecule has 0 saturated carbocycles. The van der Waals surface area contributed by atoms with Crippen LogP contribution in [0.2, 0.25) is 0 Å². The minimum atomic E-state index is -0.211. The Labute approximate surface area is 149 Å². The zero-order chi connectivity index (χ0) is 19.1. The molecule has 0 bridgehead atoms. The van der Waals surface area contributed by atoms with E-state index in [0.717, 1.165) is 16.8 Å². The van der Waals surface area contributed by atoms with Crippen LogP contribution in [0.4, 0.5) is 5.69 Å². The van der Waals surface area contributed by atoms with Gasteiger partial charge in [-0.25, -0.2) is 0 Å². The van der Waals surface area contributed by atoms with Gasteiger partial charge in [0.15, 0.2) is 0 Å². The van der Waals surface area contributed by atoms with Crippen molar-refractivity contribution in [1.82, 2.24) is 14.7 Å². The molecule has 0 aromatic heterocycles. The minimum Gasteiger partial charge on any atom is -0.347 e. The molecule has 7 nitrogen and oxygen atoms in total. The highest BCUT2D eigenvalue weighted by Gasteiger charge is 2.17. The van der Waals surface area contributed by atoms with E-state index in [4.69, 9.17) is 0 Å². The molecule has 3 amide bonds. The van der Waals surface area contributed by atoms with Gasteiger partial charge in [0.2, 0.25) is 17.7 Å². The molecule has 0 atom stereocenters. The van der Waals surface area contributed by atoms with Gasteiger partial charge < -0.3 is 15.1 Å². The number of anilines is 1. The van der Waals surface area contributed by atoms with Gasteiger partial charge in [-0.05, 0) is 38.1 Å². The van der Waals surface area contributed by atoms with E-state index in [9.17, 15) is 14.4 Å². The molecule has 0 heterocycles. The first-order chi connectivity index (χ1) is 11.6. The number of nitrogens with zero attached hydrogens (tertiary/aromatic N) is 3. The van der Waals surface area contributed by atoms with Gasteiger partial charge in [-0.2, -0.15) is 0 Å². The van der Waals surface area contributed by atoms with Crippen LogP contribution in [0, 0.1) is 13.8 Å². The van der Waals surface area contributed by atoms with E-state index >= 15 is 0 Å². The molecule has 0 spiro atoms. The van der Waals surface area contributed by atoms with Crippen LogP contribution in [-0.2, 0) is 14.4 Å². The van der Waals surface area contributed by atoms with Gasteiger partial charge in [0.1, 0.15) is 0 Å². The second-order valence-electron chi connectivity index (χ2n) is 6.51. The molecule has 7 heteroatoms. The summed E-state index contributed by atoms with van der Waals surface area (Å²) in [6.45, 7) is 4.12. The molecule has 1 N–H and O–H groups in total. The van der Waals surface area contributed by atoms with Crippen molar-refractivity contribution < 1.29 is 14.4 Å². The first-order valence-electron chi connectivity index (χ1n) is 8.10. The van der Waals surface area contributed by atoms with Crippen molar-refractivity contribution in [1.29, 1.82) is 0 Å². The maximum atomic E-state index is 12.2. The molecular formula is C18H28N4O3. The largest absolute Gasteiger partial charge is 0.347 e. The highest BCUT2D eigenvalue weighted by Crippen LogP contribution is 2.17. The summed E-state index contributed by atoms with van der Waals surface area (Å²) < 4.78 is 0. The average molecular weight is 348 g/mol. The summed E-state index contributed by atoms with van der Waals surface area (Å²) in [5.74, 6) is -0.542. The first kappa shape index (κ1) is 20.6. The molecule has 0 aliphatic heterocycles. The number of aryl methyl sites for hydroxylation is 1. The maximum absolute atomic E-state index is 12.2. The van der Waals surface area contributed by atoms with Crippen LogP contribution in [0.25, 0.3) is 0 Å². The second kappa shape index (κ2) is 9.17. The number of hydrogen-bond acceptors (Lipinski definition) is 4. The summed E-state index contributed by atoms with van der Waals surface area (Å²) in [7, 11) is 6.56. The molecule has 0 aliphatic rings. The Hall–Kier alpha value is -2.41. The number of rotatable bonds is 7. The van der Waals surface area contributed by atoms with Crippen molar-refractivity contribution in [2.75, 3.05) is 53.1 Å². The Bertz CT molecular complexity index is 643. The van der Waals surface area contributed by atoms with E-state index in [1.165, 1.54) is 9.80 Å². The molecule has 1 aromatic rings. The van der Waals surface area contributed by atoms with E-state index < -0.39 is 0 Å². The summed E-state index contributed by atoms with van der Waals surface area (Å²) in [5.41, 5.74) is 2.91. The van der Waals surface area contributed by atoms with Gasteiger partial charge in [-0.15, -0.1) is 0 Å². The van der Waals surface area contributed by atoms with Crippen LogP contribution in [-0.4, -0.2) is 80.2 Å². The Morgan fingerprint density at radius 2 is 1.56 bits per heavy atom. The fourth-order valence-corrected chi connectivity index (χ4v) is 2.16. The van der Waals surface area contributed by atoms with E-state index in [2.05, 4.69) is 5.32 Å². The number of amides is 3. The molecule has 1 aromatic carbocycles. The Morgan fingerprint density at radius 1 is 0.920 bits per heavy atom. The van der Waals surface area contributed by atoms with Gasteiger partial charge in [-0.3, -0.25) is 19.3 Å². The van der Waals surface area contributed by atoms with Gasteiger partial charge in [-0.1, -0.05) is 12.1 Å². The molecule has 0 saturated heterocycles. The zero-order valence-electron chi connectivity index (χ0n) is 15.9. The lowest BCUT2D eigenvalue weighted by atomic mass is 10.1. The third-order valence-corrected chi connectivity index (χ3v) is 3.99. The van der Waals surface area contributed by atoms with Crippen LogP contribution in [0.5, 0.6) is 0 Å². The van der Waals surface area contributed by atoms with Crippen molar-refractivity contribution in [3.8, 4) is 0 Å². The summed E-state index contributed by atoms with van der Waals surface area (Å²) in [4.78, 5) is 40.4. The summed E-state index contributed by atoms with van der Waals surface area (Å²) in [6.07, 6.45) is 0. The van der Waals surface area contributed by atoms with Crippen molar-refractivity contribution in [3.63, 3.8) is 0 Å². The van der Waals surface area contributed by atoms with E-state index in [-0.39, 0.29) is 37.4 Å². The lowest BCUT2D eigenvalue weighted by molar-refractivity contribution is -0.138. The molecule has 0 radical (unpaired) electrons. The van der Waals surface area contributed by atoms with Gasteiger partial charge in [0.25, 0.3) is 0 Å². The molecule has 25 heavy (non-hydrogen) atoms. The summed E-state index contributed by atoms with van der Waals surface area (Å²) in [6, 6.07) is 5.73. The molecule has 0 fully saturated rings. The van der Waals surface area contributed by atoms with Crippen molar-refractivity contribution in [2.45, 2.75) is 13.8 Å². The standard InChI is InChI=1S/C18H28N4O3/c1-13-8-7-9-15(14(13)2)19-16(23)10-21(5)11-18(25)22(6)12-17(24)20(3)4/h7-9H,10-12H2,1-6H3,(H,19,23). The fourth-order valence-electron chi connectivity index (χ4n) is 2.16. The zero-order valence-corrected chi connectivity index (χ0v) is 15.9. The fraction of sp³-hybridized carbons (Fsp3) is 0.500. The van der Waals surface area contributed by atoms with Gasteiger partial charge in [0.05, 0.1) is 19.6 Å². The number of likely N-dealkylation sites (N-methyl/N-ethyl adjacent to an activating group) is 3. The average Bonchev–Trinajstić information content (AvgIpc) is 2.51. The Kier molecular flexibility index (Phi) is 7.57. The Morgan fingerprint density at radius 3 is 2.16 bits per heavy atom. The monoisotopic (exact) mass is 348 g/mol. The summed E-state index contributed by atoms with van der Waals surface area (Å²) >= 11 is 0. The van der Waals surface area contributed by atoms with Crippen LogP contribution >= 0.6 is 0 Å². The predicted octanol–water partition coefficient (Wildman–Crippen LogP) is 0.720. The number of carbonyl (C=O) groups is 3. The van der Waals surface area contributed by atoms with Crippen LogP contribution < -0.4 is 5.32 Å². The minimum absolute atomic E-state index is 0.0222. The number of carbonyl (C=O) groups excluding carboxylic acids is 3. The lowest BCUT2D eigenvalue weighted by Gasteiger charge is -2.22. The topological polar surface area (TPSA) is 73.0 Å². The van der Waals surface area contributed by atoms with E-state index in [1.807, 2.05) is 32.0 Å². The second-order valence-corrected chi connectivity index (χ2v) is 6.51. The smallest absolute Gasteiger partial charge is 0.241 e. The Balaban J connectivity index is 2.51. The third-order valence-electron chi connectivity index (χ3n) is 3.99. The van der Waals surface area contributed by atoms with Crippen molar-refractivity contribution in [2.24, 2.45) is 0 Å². The predicted molar refractivity (Wildman–Crippen MR) is 98.4 cm³/mol. The molecule has 138 valence electrons. The van der Waals surface area contributed by atoms with Crippen molar-refractivity contribution in [3.05, 3.63) is 29.3 Å².